The van der Waals surface area contributed by atoms with Gasteiger partial charge < -0.3 is 9.84 Å². The number of halogens is 4. The third-order valence-electron chi connectivity index (χ3n) is 2.49. The van der Waals surface area contributed by atoms with Gasteiger partial charge in [-0.05, 0) is 30.5 Å². The molecule has 0 bridgehead atoms. The normalized spacial score (nSPS) is 11.4. The number of carbonyl (C=O) groups is 1. The van der Waals surface area contributed by atoms with Gasteiger partial charge in [0.15, 0.2) is 0 Å². The van der Waals surface area contributed by atoms with Crippen LogP contribution >= 0.6 is 11.6 Å². The maximum Gasteiger partial charge on any atom is 0.416 e. The molecule has 0 saturated carbocycles. The number of aliphatic carboxylic acids is 1. The highest BCUT2D eigenvalue weighted by atomic mass is 35.5. The Hall–Kier alpha value is -1.43. The number of methoxy groups -OCH3 is 1. The lowest BCUT2D eigenvalue weighted by atomic mass is 10.0. The fourth-order valence-corrected chi connectivity index (χ4v) is 1.97. The zero-order chi connectivity index (χ0) is 14.6. The number of carboxylic acids is 1. The fraction of sp³-hybridized carbons (Fsp3) is 0.417. The molecule has 0 aliphatic rings. The standard InChI is InChI=1S/C12H12ClF3O3/c1-19-11-7(3-2-4-10(17)18)5-8(6-9(11)13)12(14,15)16/h5-6H,2-4H2,1H3,(H,17,18). The Morgan fingerprint density at radius 1 is 1.42 bits per heavy atom. The summed E-state index contributed by atoms with van der Waals surface area (Å²) in [7, 11) is 1.30. The second kappa shape index (κ2) is 6.14. The minimum absolute atomic E-state index is 0.128. The van der Waals surface area contributed by atoms with Crippen molar-refractivity contribution in [3.8, 4) is 5.75 Å². The molecule has 7 heteroatoms. The molecular formula is C12H12ClF3O3. The van der Waals surface area contributed by atoms with Crippen LogP contribution in [0.3, 0.4) is 0 Å². The van der Waals surface area contributed by atoms with Gasteiger partial charge in [0.05, 0.1) is 17.7 Å². The van der Waals surface area contributed by atoms with Crippen LogP contribution in [0.25, 0.3) is 0 Å². The summed E-state index contributed by atoms with van der Waals surface area (Å²) in [5, 5.41) is 8.38. The molecular weight excluding hydrogens is 285 g/mol. The first kappa shape index (κ1) is 15.6. The van der Waals surface area contributed by atoms with E-state index < -0.39 is 17.7 Å². The SMILES string of the molecule is COc1c(Cl)cc(C(F)(F)F)cc1CCCC(=O)O. The van der Waals surface area contributed by atoms with Crippen molar-refractivity contribution in [3.05, 3.63) is 28.3 Å². The van der Waals surface area contributed by atoms with Gasteiger partial charge in [-0.1, -0.05) is 11.6 Å². The molecule has 106 valence electrons. The zero-order valence-electron chi connectivity index (χ0n) is 10.1. The summed E-state index contributed by atoms with van der Waals surface area (Å²) in [6, 6.07) is 1.73. The van der Waals surface area contributed by atoms with Crippen molar-refractivity contribution in [3.63, 3.8) is 0 Å². The molecule has 1 aromatic carbocycles. The third-order valence-corrected chi connectivity index (χ3v) is 2.77. The molecule has 0 amide bonds. The molecule has 0 spiro atoms. The van der Waals surface area contributed by atoms with Crippen LogP contribution in [0, 0.1) is 0 Å². The number of rotatable bonds is 5. The van der Waals surface area contributed by atoms with E-state index in [1.807, 2.05) is 0 Å². The van der Waals surface area contributed by atoms with E-state index in [9.17, 15) is 18.0 Å². The van der Waals surface area contributed by atoms with Gasteiger partial charge in [-0.15, -0.1) is 0 Å². The van der Waals surface area contributed by atoms with Crippen molar-refractivity contribution in [1.29, 1.82) is 0 Å². The van der Waals surface area contributed by atoms with Gasteiger partial charge in [-0.25, -0.2) is 0 Å². The van der Waals surface area contributed by atoms with Crippen molar-refractivity contribution < 1.29 is 27.8 Å². The molecule has 0 aliphatic heterocycles. The lowest BCUT2D eigenvalue weighted by molar-refractivity contribution is -0.138. The highest BCUT2D eigenvalue weighted by Gasteiger charge is 2.32. The average molecular weight is 297 g/mol. The van der Waals surface area contributed by atoms with E-state index in [2.05, 4.69) is 0 Å². The maximum absolute atomic E-state index is 12.6. The summed E-state index contributed by atoms with van der Waals surface area (Å²) in [5.74, 6) is -0.850. The van der Waals surface area contributed by atoms with E-state index in [-0.39, 0.29) is 35.6 Å². The summed E-state index contributed by atoms with van der Waals surface area (Å²) >= 11 is 5.74. The summed E-state index contributed by atoms with van der Waals surface area (Å²) in [4.78, 5) is 10.4. The first-order valence-corrected chi connectivity index (χ1v) is 5.79. The van der Waals surface area contributed by atoms with Crippen molar-refractivity contribution >= 4 is 17.6 Å². The van der Waals surface area contributed by atoms with E-state index in [1.165, 1.54) is 7.11 Å². The predicted molar refractivity (Wildman–Crippen MR) is 63.6 cm³/mol. The van der Waals surface area contributed by atoms with Gasteiger partial charge in [0, 0.05) is 6.42 Å². The zero-order valence-corrected chi connectivity index (χ0v) is 10.8. The lowest BCUT2D eigenvalue weighted by Crippen LogP contribution is -2.07. The minimum atomic E-state index is -4.50. The Morgan fingerprint density at radius 3 is 2.53 bits per heavy atom. The van der Waals surface area contributed by atoms with Crippen molar-refractivity contribution in [2.75, 3.05) is 7.11 Å². The number of ether oxygens (including phenoxy) is 1. The Morgan fingerprint density at radius 2 is 2.05 bits per heavy atom. The Bertz CT molecular complexity index is 472. The van der Waals surface area contributed by atoms with Gasteiger partial charge in [-0.2, -0.15) is 13.2 Å². The lowest BCUT2D eigenvalue weighted by Gasteiger charge is -2.14. The Kier molecular flexibility index (Phi) is 5.05. The second-order valence-corrected chi connectivity index (χ2v) is 4.30. The molecule has 0 aromatic heterocycles. The number of benzene rings is 1. The fourth-order valence-electron chi connectivity index (χ4n) is 1.66. The molecule has 0 heterocycles. The van der Waals surface area contributed by atoms with Gasteiger partial charge >= 0.3 is 12.1 Å². The predicted octanol–water partition coefficient (Wildman–Crippen LogP) is 3.77. The van der Waals surface area contributed by atoms with Gasteiger partial charge in [0.1, 0.15) is 5.75 Å². The van der Waals surface area contributed by atoms with Gasteiger partial charge in [-0.3, -0.25) is 4.79 Å². The summed E-state index contributed by atoms with van der Waals surface area (Å²) in [6.45, 7) is 0. The van der Waals surface area contributed by atoms with Crippen LogP contribution in [0.1, 0.15) is 24.0 Å². The van der Waals surface area contributed by atoms with Crippen LogP contribution in [0.15, 0.2) is 12.1 Å². The van der Waals surface area contributed by atoms with Crippen molar-refractivity contribution in [1.82, 2.24) is 0 Å². The van der Waals surface area contributed by atoms with Crippen molar-refractivity contribution in [2.45, 2.75) is 25.4 Å². The number of carboxylic acid groups (broad SMARTS) is 1. The largest absolute Gasteiger partial charge is 0.495 e. The molecule has 0 fully saturated rings. The molecule has 0 radical (unpaired) electrons. The number of alkyl halides is 3. The second-order valence-electron chi connectivity index (χ2n) is 3.90. The van der Waals surface area contributed by atoms with E-state index >= 15 is 0 Å². The van der Waals surface area contributed by atoms with E-state index in [0.29, 0.717) is 0 Å². The van der Waals surface area contributed by atoms with Crippen LogP contribution in [0.2, 0.25) is 5.02 Å². The molecule has 1 N–H and O–H groups in total. The van der Waals surface area contributed by atoms with Gasteiger partial charge in [0.2, 0.25) is 0 Å². The molecule has 1 rings (SSSR count). The van der Waals surface area contributed by atoms with Gasteiger partial charge in [0.25, 0.3) is 0 Å². The van der Waals surface area contributed by atoms with E-state index in [4.69, 9.17) is 21.4 Å². The molecule has 19 heavy (non-hydrogen) atoms. The third kappa shape index (κ3) is 4.31. The number of hydrogen-bond acceptors (Lipinski definition) is 2. The summed E-state index contributed by atoms with van der Waals surface area (Å²) < 4.78 is 42.9. The maximum atomic E-state index is 12.6. The smallest absolute Gasteiger partial charge is 0.416 e. The Labute approximate surface area is 112 Å². The Balaban J connectivity index is 3.05. The van der Waals surface area contributed by atoms with E-state index in [1.54, 1.807) is 0 Å². The number of hydrogen-bond donors (Lipinski definition) is 1. The quantitative estimate of drug-likeness (QED) is 0.899. The van der Waals surface area contributed by atoms with Crippen molar-refractivity contribution in [2.24, 2.45) is 0 Å². The minimum Gasteiger partial charge on any atom is -0.495 e. The number of aryl methyl sites for hydroxylation is 1. The average Bonchev–Trinajstić information content (AvgIpc) is 2.26. The van der Waals surface area contributed by atoms with Crippen LogP contribution in [0.4, 0.5) is 13.2 Å². The molecule has 0 aliphatic carbocycles. The highest BCUT2D eigenvalue weighted by Crippen LogP contribution is 2.37. The first-order valence-electron chi connectivity index (χ1n) is 5.41. The topological polar surface area (TPSA) is 46.5 Å². The van der Waals surface area contributed by atoms with E-state index in [0.717, 1.165) is 12.1 Å². The molecule has 3 nitrogen and oxygen atoms in total. The highest BCUT2D eigenvalue weighted by molar-refractivity contribution is 6.32. The first-order chi connectivity index (χ1) is 8.75. The van der Waals surface area contributed by atoms with Crippen LogP contribution in [-0.2, 0) is 17.4 Å². The molecule has 1 aromatic rings. The molecule has 0 atom stereocenters. The van der Waals surface area contributed by atoms with Crippen LogP contribution in [0.5, 0.6) is 5.75 Å². The van der Waals surface area contributed by atoms with Crippen LogP contribution in [-0.4, -0.2) is 18.2 Å². The summed E-state index contributed by atoms with van der Waals surface area (Å²) in [6.07, 6.45) is -4.27. The van der Waals surface area contributed by atoms with Crippen LogP contribution < -0.4 is 4.74 Å². The monoisotopic (exact) mass is 296 g/mol. The molecule has 0 unspecified atom stereocenters. The summed E-state index contributed by atoms with van der Waals surface area (Å²) in [5.41, 5.74) is -0.618. The molecule has 0 saturated heterocycles.